The van der Waals surface area contributed by atoms with Crippen LogP contribution in [-0.4, -0.2) is 31.1 Å². The van der Waals surface area contributed by atoms with Gasteiger partial charge in [-0.15, -0.1) is 0 Å². The molecular formula is C12H15F3N2O. The van der Waals surface area contributed by atoms with Crippen molar-refractivity contribution in [3.8, 4) is 0 Å². The predicted molar refractivity (Wildman–Crippen MR) is 63.3 cm³/mol. The van der Waals surface area contributed by atoms with Crippen molar-refractivity contribution in [1.29, 1.82) is 0 Å². The average molecular weight is 260 g/mol. The van der Waals surface area contributed by atoms with Crippen LogP contribution < -0.4 is 10.6 Å². The van der Waals surface area contributed by atoms with Crippen LogP contribution in [0, 0.1) is 0 Å². The largest absolute Gasteiger partial charge is 0.368 e. The van der Waals surface area contributed by atoms with E-state index in [1.54, 1.807) is 18.2 Å². The number of nitrogens with two attached hydrogens (primary N) is 1. The summed E-state index contributed by atoms with van der Waals surface area (Å²) in [5, 5.41) is 0. The Morgan fingerprint density at radius 1 is 1.33 bits per heavy atom. The van der Waals surface area contributed by atoms with E-state index in [2.05, 4.69) is 0 Å². The van der Waals surface area contributed by atoms with E-state index >= 15 is 0 Å². The molecule has 0 heterocycles. The van der Waals surface area contributed by atoms with E-state index in [1.807, 2.05) is 0 Å². The number of para-hydroxylation sites is 1. The van der Waals surface area contributed by atoms with Gasteiger partial charge >= 0.3 is 5.92 Å². The monoisotopic (exact) mass is 260 g/mol. The molecule has 2 unspecified atom stereocenters. The molecule has 1 rings (SSSR count). The molecule has 0 bridgehead atoms. The SMILES string of the molecule is CC(F)C(F)(F)C(C(N)=O)N(C)c1ccccc1. The van der Waals surface area contributed by atoms with Gasteiger partial charge in [-0.25, -0.2) is 13.2 Å². The van der Waals surface area contributed by atoms with Gasteiger partial charge in [0.15, 0.2) is 12.2 Å². The number of nitrogens with zero attached hydrogens (tertiary/aromatic N) is 1. The highest BCUT2D eigenvalue weighted by Gasteiger charge is 2.51. The van der Waals surface area contributed by atoms with Crippen LogP contribution >= 0.6 is 0 Å². The molecule has 0 radical (unpaired) electrons. The molecule has 0 spiro atoms. The number of benzene rings is 1. The fourth-order valence-corrected chi connectivity index (χ4v) is 1.67. The summed E-state index contributed by atoms with van der Waals surface area (Å²) in [6.07, 6.45) is -2.47. The van der Waals surface area contributed by atoms with Crippen molar-refractivity contribution in [2.24, 2.45) is 5.73 Å². The number of alkyl halides is 3. The molecule has 0 saturated carbocycles. The summed E-state index contributed by atoms with van der Waals surface area (Å²) in [7, 11) is 1.28. The molecule has 3 nitrogen and oxygen atoms in total. The van der Waals surface area contributed by atoms with Crippen LogP contribution in [0.1, 0.15) is 6.92 Å². The molecule has 0 aliphatic rings. The third-order valence-corrected chi connectivity index (χ3v) is 2.72. The molecule has 6 heteroatoms. The molecule has 2 atom stereocenters. The van der Waals surface area contributed by atoms with Crippen LogP contribution in [0.4, 0.5) is 18.9 Å². The Balaban J connectivity index is 3.11. The Morgan fingerprint density at radius 2 is 1.83 bits per heavy atom. The van der Waals surface area contributed by atoms with Gasteiger partial charge in [0, 0.05) is 12.7 Å². The smallest absolute Gasteiger partial charge is 0.307 e. The number of carbonyl (C=O) groups excluding carboxylic acids is 1. The first kappa shape index (κ1) is 14.3. The molecule has 1 aromatic rings. The summed E-state index contributed by atoms with van der Waals surface area (Å²) < 4.78 is 40.3. The summed E-state index contributed by atoms with van der Waals surface area (Å²) in [5.41, 5.74) is 5.33. The zero-order valence-electron chi connectivity index (χ0n) is 10.1. The normalized spacial score (nSPS) is 14.9. The van der Waals surface area contributed by atoms with E-state index in [-0.39, 0.29) is 0 Å². The fourth-order valence-electron chi connectivity index (χ4n) is 1.67. The maximum atomic E-state index is 13.7. The summed E-state index contributed by atoms with van der Waals surface area (Å²) in [4.78, 5) is 12.2. The number of primary amides is 1. The minimum Gasteiger partial charge on any atom is -0.368 e. The number of hydrogen-bond acceptors (Lipinski definition) is 2. The van der Waals surface area contributed by atoms with Gasteiger partial charge in [0.05, 0.1) is 0 Å². The highest BCUT2D eigenvalue weighted by molar-refractivity contribution is 5.85. The van der Waals surface area contributed by atoms with E-state index in [0.29, 0.717) is 12.6 Å². The maximum absolute atomic E-state index is 13.7. The average Bonchev–Trinajstić information content (AvgIpc) is 2.29. The van der Waals surface area contributed by atoms with Crippen molar-refractivity contribution in [2.75, 3.05) is 11.9 Å². The number of halogens is 3. The number of anilines is 1. The zero-order valence-corrected chi connectivity index (χ0v) is 10.1. The van der Waals surface area contributed by atoms with Crippen molar-refractivity contribution >= 4 is 11.6 Å². The maximum Gasteiger partial charge on any atom is 0.307 e. The van der Waals surface area contributed by atoms with E-state index in [4.69, 9.17) is 5.73 Å². The second-order valence-electron chi connectivity index (χ2n) is 4.04. The van der Waals surface area contributed by atoms with Crippen molar-refractivity contribution in [3.63, 3.8) is 0 Å². The summed E-state index contributed by atoms with van der Waals surface area (Å²) >= 11 is 0. The van der Waals surface area contributed by atoms with Gasteiger partial charge < -0.3 is 10.6 Å². The number of carbonyl (C=O) groups is 1. The van der Waals surface area contributed by atoms with Gasteiger partial charge in [-0.3, -0.25) is 4.79 Å². The third-order valence-electron chi connectivity index (χ3n) is 2.72. The Bertz CT molecular complexity index is 409. The minimum absolute atomic E-state index is 0.363. The quantitative estimate of drug-likeness (QED) is 0.879. The molecule has 0 saturated heterocycles. The van der Waals surface area contributed by atoms with Gasteiger partial charge in [-0.2, -0.15) is 0 Å². The van der Waals surface area contributed by atoms with Gasteiger partial charge in [0.25, 0.3) is 0 Å². The molecule has 18 heavy (non-hydrogen) atoms. The predicted octanol–water partition coefficient (Wildman–Crippen LogP) is 1.97. The third kappa shape index (κ3) is 2.75. The van der Waals surface area contributed by atoms with E-state index < -0.39 is 24.0 Å². The van der Waals surface area contributed by atoms with Crippen molar-refractivity contribution in [2.45, 2.75) is 25.1 Å². The molecule has 0 fully saturated rings. The molecule has 0 aliphatic heterocycles. The molecular weight excluding hydrogens is 245 g/mol. The van der Waals surface area contributed by atoms with Crippen LogP contribution in [0.3, 0.4) is 0 Å². The van der Waals surface area contributed by atoms with Crippen LogP contribution in [0.25, 0.3) is 0 Å². The lowest BCUT2D eigenvalue weighted by atomic mass is 10.0. The van der Waals surface area contributed by atoms with E-state index in [1.165, 1.54) is 19.2 Å². The Morgan fingerprint density at radius 3 is 2.22 bits per heavy atom. The van der Waals surface area contributed by atoms with Crippen molar-refractivity contribution in [1.82, 2.24) is 0 Å². The fraction of sp³-hybridized carbons (Fsp3) is 0.417. The zero-order chi connectivity index (χ0) is 13.9. The topological polar surface area (TPSA) is 46.3 Å². The summed E-state index contributed by atoms with van der Waals surface area (Å²) in [6.45, 7) is 0.703. The highest BCUT2D eigenvalue weighted by Crippen LogP contribution is 2.31. The Hall–Kier alpha value is -1.72. The van der Waals surface area contributed by atoms with E-state index in [0.717, 1.165) is 4.90 Å². The number of rotatable bonds is 5. The van der Waals surface area contributed by atoms with Crippen LogP contribution in [0.5, 0.6) is 0 Å². The van der Waals surface area contributed by atoms with E-state index in [9.17, 15) is 18.0 Å². The van der Waals surface area contributed by atoms with Gasteiger partial charge in [0.2, 0.25) is 5.91 Å². The number of likely N-dealkylation sites (N-methyl/N-ethyl adjacent to an activating group) is 1. The molecule has 2 N–H and O–H groups in total. The van der Waals surface area contributed by atoms with Crippen LogP contribution in [-0.2, 0) is 4.79 Å². The Kier molecular flexibility index (Phi) is 4.21. The first-order chi connectivity index (χ1) is 8.28. The van der Waals surface area contributed by atoms with Crippen LogP contribution in [0.15, 0.2) is 30.3 Å². The summed E-state index contributed by atoms with van der Waals surface area (Å²) in [5.74, 6) is -5.12. The van der Waals surface area contributed by atoms with Crippen LogP contribution in [0.2, 0.25) is 0 Å². The minimum atomic E-state index is -3.85. The number of hydrogen-bond donors (Lipinski definition) is 1. The standard InChI is InChI=1S/C12H15F3N2O/c1-8(13)12(14,15)10(11(16)18)17(2)9-6-4-3-5-7-9/h3-8,10H,1-2H3,(H2,16,18). The van der Waals surface area contributed by atoms with Gasteiger partial charge in [0.1, 0.15) is 0 Å². The Labute approximate surface area is 103 Å². The van der Waals surface area contributed by atoms with Crippen molar-refractivity contribution < 1.29 is 18.0 Å². The summed E-state index contributed by atoms with van der Waals surface area (Å²) in [6, 6.07) is 6.00. The second kappa shape index (κ2) is 5.29. The molecule has 1 amide bonds. The first-order valence-corrected chi connectivity index (χ1v) is 5.37. The molecule has 0 aromatic heterocycles. The lowest BCUT2D eigenvalue weighted by Gasteiger charge is -2.34. The number of amides is 1. The lowest BCUT2D eigenvalue weighted by molar-refractivity contribution is -0.136. The van der Waals surface area contributed by atoms with Gasteiger partial charge in [-0.1, -0.05) is 18.2 Å². The lowest BCUT2D eigenvalue weighted by Crippen LogP contribution is -2.57. The van der Waals surface area contributed by atoms with Crippen molar-refractivity contribution in [3.05, 3.63) is 30.3 Å². The first-order valence-electron chi connectivity index (χ1n) is 5.37. The van der Waals surface area contributed by atoms with Gasteiger partial charge in [-0.05, 0) is 19.1 Å². The highest BCUT2D eigenvalue weighted by atomic mass is 19.3. The molecule has 1 aromatic carbocycles. The second-order valence-corrected chi connectivity index (χ2v) is 4.04. The molecule has 0 aliphatic carbocycles. The molecule has 100 valence electrons.